The Morgan fingerprint density at radius 2 is 1.79 bits per heavy atom. The van der Waals surface area contributed by atoms with Gasteiger partial charge in [0, 0.05) is 32.1 Å². The third kappa shape index (κ3) is 7.03. The Kier molecular flexibility index (Phi) is 9.32. The summed E-state index contributed by atoms with van der Waals surface area (Å²) in [6, 6.07) is 9.75. The average Bonchev–Trinajstić information content (AvgIpc) is 3.15. The Labute approximate surface area is 212 Å². The number of aryl methyl sites for hydroxylation is 1. The van der Waals surface area contributed by atoms with Crippen LogP contribution in [0.25, 0.3) is 10.9 Å². The molecule has 0 atom stereocenters. The quantitative estimate of drug-likeness (QED) is 0.362. The third-order valence-corrected chi connectivity index (χ3v) is 7.79. The fraction of sp³-hybridized carbons (Fsp3) is 0.480. The molecule has 1 fully saturated rings. The summed E-state index contributed by atoms with van der Waals surface area (Å²) < 4.78 is 6.63. The van der Waals surface area contributed by atoms with Gasteiger partial charge in [-0.1, -0.05) is 38.3 Å². The first-order chi connectivity index (χ1) is 15.8. The molecule has 33 heavy (non-hydrogen) atoms. The lowest BCUT2D eigenvalue weighted by Gasteiger charge is -2.27. The van der Waals surface area contributed by atoms with E-state index in [1.165, 1.54) is 32.1 Å². The van der Waals surface area contributed by atoms with Crippen molar-refractivity contribution in [3.05, 3.63) is 51.1 Å². The Hall–Kier alpha value is -1.93. The van der Waals surface area contributed by atoms with Gasteiger partial charge in [-0.15, -0.1) is 0 Å². The van der Waals surface area contributed by atoms with Gasteiger partial charge in [-0.2, -0.15) is 0 Å². The zero-order valence-corrected chi connectivity index (χ0v) is 22.9. The van der Waals surface area contributed by atoms with Gasteiger partial charge < -0.3 is 14.6 Å². The fourth-order valence-corrected chi connectivity index (χ4v) is 4.72. The highest BCUT2D eigenvalue weighted by atomic mass is 79.9. The van der Waals surface area contributed by atoms with Crippen molar-refractivity contribution in [3.63, 3.8) is 0 Å². The van der Waals surface area contributed by atoms with Crippen LogP contribution in [-0.2, 0) is 0 Å². The van der Waals surface area contributed by atoms with Crippen molar-refractivity contribution in [1.82, 2.24) is 15.3 Å². The van der Waals surface area contributed by atoms with E-state index in [0.717, 1.165) is 39.5 Å². The van der Waals surface area contributed by atoms with Gasteiger partial charge in [0.25, 0.3) is 5.91 Å². The highest BCUT2D eigenvalue weighted by molar-refractivity contribution is 9.13. The largest absolute Gasteiger partial charge is 0.443 e. The SMILES string of the molecule is CCC1CCC(CNC(=O)c2cc(Br)c(Br)o2)CC1.Cc1nc(N(C)C)c2ccccc2n1. The predicted octanol–water partition coefficient (Wildman–Crippen LogP) is 6.76. The molecule has 2 heterocycles. The molecule has 1 N–H and O–H groups in total. The lowest BCUT2D eigenvalue weighted by atomic mass is 9.81. The zero-order chi connectivity index (χ0) is 24.0. The minimum Gasteiger partial charge on any atom is -0.443 e. The molecule has 1 aliphatic rings. The molecule has 0 radical (unpaired) electrons. The number of nitrogens with one attached hydrogen (secondary N) is 1. The minimum atomic E-state index is -0.135. The number of aromatic nitrogens is 2. The van der Waals surface area contributed by atoms with E-state index >= 15 is 0 Å². The van der Waals surface area contributed by atoms with E-state index in [9.17, 15) is 4.79 Å². The molecule has 0 unspecified atom stereocenters. The summed E-state index contributed by atoms with van der Waals surface area (Å²) in [5.74, 6) is 3.52. The molecule has 1 aromatic carbocycles. The van der Waals surface area contributed by atoms with Crippen LogP contribution in [0.15, 0.2) is 43.9 Å². The molecular weight excluding hydrogens is 548 g/mol. The van der Waals surface area contributed by atoms with E-state index < -0.39 is 0 Å². The van der Waals surface area contributed by atoms with Crippen LogP contribution in [0.2, 0.25) is 0 Å². The highest BCUT2D eigenvalue weighted by Crippen LogP contribution is 2.30. The van der Waals surface area contributed by atoms with Gasteiger partial charge in [-0.3, -0.25) is 4.79 Å². The standard InChI is InChI=1S/C14H19Br2NO2.C11H13N3/c1-2-9-3-5-10(6-4-9)8-17-14(18)12-7-11(15)13(16)19-12;1-8-12-10-7-5-4-6-9(10)11(13-8)14(2)3/h7,9-10H,2-6,8H2,1H3,(H,17,18);4-7H,1-3H3. The first-order valence-electron chi connectivity index (χ1n) is 11.4. The van der Waals surface area contributed by atoms with E-state index in [1.807, 2.05) is 50.2 Å². The Morgan fingerprint density at radius 3 is 2.39 bits per heavy atom. The van der Waals surface area contributed by atoms with E-state index in [2.05, 4.69) is 54.1 Å². The maximum atomic E-state index is 11.9. The number of amides is 1. The van der Waals surface area contributed by atoms with Gasteiger partial charge >= 0.3 is 0 Å². The molecule has 1 saturated carbocycles. The normalized spacial score (nSPS) is 17.9. The molecule has 4 rings (SSSR count). The van der Waals surface area contributed by atoms with E-state index in [4.69, 9.17) is 4.42 Å². The smallest absolute Gasteiger partial charge is 0.287 e. The fourth-order valence-electron chi connectivity index (χ4n) is 4.14. The minimum absolute atomic E-state index is 0.135. The van der Waals surface area contributed by atoms with Crippen LogP contribution >= 0.6 is 31.9 Å². The molecule has 178 valence electrons. The Morgan fingerprint density at radius 1 is 1.12 bits per heavy atom. The summed E-state index contributed by atoms with van der Waals surface area (Å²) in [5.41, 5.74) is 1.00. The van der Waals surface area contributed by atoms with Crippen molar-refractivity contribution in [2.24, 2.45) is 11.8 Å². The summed E-state index contributed by atoms with van der Waals surface area (Å²) in [7, 11) is 3.99. The maximum Gasteiger partial charge on any atom is 0.287 e. The van der Waals surface area contributed by atoms with Gasteiger partial charge in [0.05, 0.1) is 9.99 Å². The van der Waals surface area contributed by atoms with Crippen molar-refractivity contribution >= 4 is 54.5 Å². The number of para-hydroxylation sites is 1. The van der Waals surface area contributed by atoms with Crippen LogP contribution in [0.1, 0.15) is 55.4 Å². The summed E-state index contributed by atoms with van der Waals surface area (Å²) in [6.45, 7) is 4.93. The lowest BCUT2D eigenvalue weighted by Crippen LogP contribution is -2.31. The molecular formula is C25H32Br2N4O2. The van der Waals surface area contributed by atoms with E-state index in [1.54, 1.807) is 6.07 Å². The second-order valence-corrected chi connectivity index (χ2v) is 10.3. The molecule has 3 aromatic rings. The van der Waals surface area contributed by atoms with Crippen molar-refractivity contribution in [2.45, 2.75) is 46.0 Å². The van der Waals surface area contributed by atoms with Crippen molar-refractivity contribution < 1.29 is 9.21 Å². The number of carbonyl (C=O) groups is 1. The molecule has 6 nitrogen and oxygen atoms in total. The molecule has 0 aliphatic heterocycles. The van der Waals surface area contributed by atoms with Crippen molar-refractivity contribution in [1.29, 1.82) is 0 Å². The number of hydrogen-bond acceptors (Lipinski definition) is 5. The number of rotatable bonds is 5. The van der Waals surface area contributed by atoms with Gasteiger partial charge in [-0.25, -0.2) is 9.97 Å². The molecule has 1 amide bonds. The lowest BCUT2D eigenvalue weighted by molar-refractivity contribution is 0.0912. The first kappa shape index (κ1) is 25.7. The number of hydrogen-bond donors (Lipinski definition) is 1. The number of halogens is 2. The van der Waals surface area contributed by atoms with Gasteiger partial charge in [0.15, 0.2) is 10.4 Å². The van der Waals surface area contributed by atoms with Crippen LogP contribution in [-0.4, -0.2) is 36.5 Å². The number of carbonyl (C=O) groups excluding carboxylic acids is 1. The van der Waals surface area contributed by atoms with Gasteiger partial charge in [0.2, 0.25) is 0 Å². The second-order valence-electron chi connectivity index (χ2n) is 8.74. The predicted molar refractivity (Wildman–Crippen MR) is 141 cm³/mol. The van der Waals surface area contributed by atoms with Crippen LogP contribution in [0.4, 0.5) is 5.82 Å². The van der Waals surface area contributed by atoms with Gasteiger partial charge in [0.1, 0.15) is 11.6 Å². The van der Waals surface area contributed by atoms with Crippen molar-refractivity contribution in [2.75, 3.05) is 25.5 Å². The van der Waals surface area contributed by atoms with E-state index in [-0.39, 0.29) is 5.91 Å². The number of benzene rings is 1. The number of anilines is 1. The van der Waals surface area contributed by atoms with Crippen LogP contribution in [0, 0.1) is 18.8 Å². The molecule has 0 spiro atoms. The summed E-state index contributed by atoms with van der Waals surface area (Å²) in [6.07, 6.45) is 6.34. The highest BCUT2D eigenvalue weighted by Gasteiger charge is 2.21. The van der Waals surface area contributed by atoms with Crippen LogP contribution < -0.4 is 10.2 Å². The summed E-state index contributed by atoms with van der Waals surface area (Å²) >= 11 is 6.54. The monoisotopic (exact) mass is 578 g/mol. The Balaban J connectivity index is 0.000000194. The molecule has 1 aliphatic carbocycles. The number of nitrogens with zero attached hydrogens (tertiary/aromatic N) is 3. The topological polar surface area (TPSA) is 71.3 Å². The first-order valence-corrected chi connectivity index (χ1v) is 13.0. The average molecular weight is 580 g/mol. The van der Waals surface area contributed by atoms with E-state index in [0.29, 0.717) is 16.3 Å². The molecule has 2 aromatic heterocycles. The number of furan rings is 1. The number of fused-ring (bicyclic) bond motifs is 1. The van der Waals surface area contributed by atoms with Gasteiger partial charge in [-0.05, 0) is 75.6 Å². The third-order valence-electron chi connectivity index (χ3n) is 6.08. The second kappa shape index (κ2) is 12.0. The summed E-state index contributed by atoms with van der Waals surface area (Å²) in [5, 5.41) is 4.07. The maximum absolute atomic E-state index is 11.9. The van der Waals surface area contributed by atoms with Crippen LogP contribution in [0.3, 0.4) is 0 Å². The zero-order valence-electron chi connectivity index (χ0n) is 19.7. The molecule has 8 heteroatoms. The molecule has 0 bridgehead atoms. The summed E-state index contributed by atoms with van der Waals surface area (Å²) in [4.78, 5) is 22.7. The van der Waals surface area contributed by atoms with Crippen LogP contribution in [0.5, 0.6) is 0 Å². The Bertz CT molecular complexity index is 1060. The molecule has 0 saturated heterocycles. The van der Waals surface area contributed by atoms with Crippen molar-refractivity contribution in [3.8, 4) is 0 Å².